The lowest BCUT2D eigenvalue weighted by Gasteiger charge is -2.19. The van der Waals surface area contributed by atoms with Crippen molar-refractivity contribution in [3.8, 4) is 0 Å². The predicted octanol–water partition coefficient (Wildman–Crippen LogP) is 2.26. The standard InChI is InChI=1S/C16H18N2O2/c19-8-6-12-5-7-18(10-12)16-14(11-20)9-13-3-1-2-4-15(13)17-16/h1-4,9,11-12,19H,5-8,10H2. The molecule has 1 saturated heterocycles. The summed E-state index contributed by atoms with van der Waals surface area (Å²) in [6.07, 6.45) is 2.75. The average molecular weight is 270 g/mol. The van der Waals surface area contributed by atoms with E-state index in [9.17, 15) is 4.79 Å². The fourth-order valence-electron chi connectivity index (χ4n) is 2.91. The summed E-state index contributed by atoms with van der Waals surface area (Å²) in [4.78, 5) is 18.1. The second-order valence-corrected chi connectivity index (χ2v) is 5.32. The molecule has 4 heteroatoms. The minimum absolute atomic E-state index is 0.226. The molecule has 0 amide bonds. The molecular weight excluding hydrogens is 252 g/mol. The van der Waals surface area contributed by atoms with Crippen LogP contribution in [0.5, 0.6) is 0 Å². The van der Waals surface area contributed by atoms with E-state index in [1.165, 1.54) is 0 Å². The van der Waals surface area contributed by atoms with Gasteiger partial charge in [0.1, 0.15) is 5.82 Å². The molecule has 0 radical (unpaired) electrons. The molecule has 1 unspecified atom stereocenters. The van der Waals surface area contributed by atoms with Crippen molar-refractivity contribution >= 4 is 23.0 Å². The smallest absolute Gasteiger partial charge is 0.153 e. The Labute approximate surface area is 118 Å². The van der Waals surface area contributed by atoms with Gasteiger partial charge in [0.2, 0.25) is 0 Å². The summed E-state index contributed by atoms with van der Waals surface area (Å²) < 4.78 is 0. The van der Waals surface area contributed by atoms with Crippen molar-refractivity contribution in [3.63, 3.8) is 0 Å². The maximum atomic E-state index is 11.3. The number of carbonyl (C=O) groups excluding carboxylic acids is 1. The Hall–Kier alpha value is -1.94. The fraction of sp³-hybridized carbons (Fsp3) is 0.375. The Morgan fingerprint density at radius 3 is 3.05 bits per heavy atom. The third kappa shape index (κ3) is 2.39. The van der Waals surface area contributed by atoms with E-state index in [-0.39, 0.29) is 6.61 Å². The molecule has 2 heterocycles. The number of hydrogen-bond acceptors (Lipinski definition) is 4. The van der Waals surface area contributed by atoms with Crippen LogP contribution in [0.25, 0.3) is 10.9 Å². The number of aliphatic hydroxyl groups is 1. The molecule has 4 nitrogen and oxygen atoms in total. The first-order valence-electron chi connectivity index (χ1n) is 7.02. The number of aldehydes is 1. The van der Waals surface area contributed by atoms with Crippen LogP contribution in [0, 0.1) is 5.92 Å². The number of rotatable bonds is 4. The monoisotopic (exact) mass is 270 g/mol. The van der Waals surface area contributed by atoms with Crippen LogP contribution < -0.4 is 4.90 Å². The van der Waals surface area contributed by atoms with Gasteiger partial charge in [-0.3, -0.25) is 4.79 Å². The molecule has 0 bridgehead atoms. The summed E-state index contributed by atoms with van der Waals surface area (Å²) in [5, 5.41) is 10.0. The Morgan fingerprint density at radius 2 is 2.25 bits per heavy atom. The summed E-state index contributed by atoms with van der Waals surface area (Å²) in [7, 11) is 0. The summed E-state index contributed by atoms with van der Waals surface area (Å²) in [6.45, 7) is 1.99. The lowest BCUT2D eigenvalue weighted by molar-refractivity contribution is 0.112. The number of aliphatic hydroxyl groups excluding tert-OH is 1. The van der Waals surface area contributed by atoms with Gasteiger partial charge in [-0.25, -0.2) is 4.98 Å². The van der Waals surface area contributed by atoms with E-state index in [0.717, 1.165) is 48.9 Å². The van der Waals surface area contributed by atoms with Gasteiger partial charge < -0.3 is 10.0 Å². The zero-order valence-corrected chi connectivity index (χ0v) is 11.3. The number of pyridine rings is 1. The van der Waals surface area contributed by atoms with Crippen LogP contribution in [-0.4, -0.2) is 36.1 Å². The molecule has 20 heavy (non-hydrogen) atoms. The molecule has 0 spiro atoms. The van der Waals surface area contributed by atoms with Crippen LogP contribution in [0.4, 0.5) is 5.82 Å². The van der Waals surface area contributed by atoms with E-state index < -0.39 is 0 Å². The summed E-state index contributed by atoms with van der Waals surface area (Å²) in [6, 6.07) is 9.75. The van der Waals surface area contributed by atoms with E-state index in [4.69, 9.17) is 5.11 Å². The van der Waals surface area contributed by atoms with Crippen LogP contribution in [0.1, 0.15) is 23.2 Å². The number of carbonyl (C=O) groups is 1. The highest BCUT2D eigenvalue weighted by atomic mass is 16.3. The first-order valence-corrected chi connectivity index (χ1v) is 7.02. The molecule has 1 N–H and O–H groups in total. The number of benzene rings is 1. The molecule has 0 aliphatic carbocycles. The third-order valence-electron chi connectivity index (χ3n) is 3.98. The summed E-state index contributed by atoms with van der Waals surface area (Å²) >= 11 is 0. The number of nitrogens with zero attached hydrogens (tertiary/aromatic N) is 2. The van der Waals surface area contributed by atoms with Crippen molar-refractivity contribution in [2.45, 2.75) is 12.8 Å². The molecule has 3 rings (SSSR count). The lowest BCUT2D eigenvalue weighted by Crippen LogP contribution is -2.22. The molecule has 1 fully saturated rings. The number of hydrogen-bond donors (Lipinski definition) is 1. The van der Waals surface area contributed by atoms with Gasteiger partial charge in [0.05, 0.1) is 11.1 Å². The van der Waals surface area contributed by atoms with Crippen LogP contribution in [0.2, 0.25) is 0 Å². The van der Waals surface area contributed by atoms with Crippen LogP contribution >= 0.6 is 0 Å². The number of anilines is 1. The van der Waals surface area contributed by atoms with E-state index in [2.05, 4.69) is 9.88 Å². The molecule has 1 aliphatic heterocycles. The number of fused-ring (bicyclic) bond motifs is 1. The van der Waals surface area contributed by atoms with Crippen molar-refractivity contribution in [1.82, 2.24) is 4.98 Å². The van der Waals surface area contributed by atoms with Crippen LogP contribution in [0.15, 0.2) is 30.3 Å². The first-order chi connectivity index (χ1) is 9.81. The quantitative estimate of drug-likeness (QED) is 0.866. The highest BCUT2D eigenvalue weighted by molar-refractivity contribution is 5.91. The maximum absolute atomic E-state index is 11.3. The molecule has 2 aromatic rings. The van der Waals surface area contributed by atoms with E-state index >= 15 is 0 Å². The van der Waals surface area contributed by atoms with Crippen LogP contribution in [-0.2, 0) is 0 Å². The molecule has 1 aromatic heterocycles. The third-order valence-corrected chi connectivity index (χ3v) is 3.98. The van der Waals surface area contributed by atoms with Gasteiger partial charge in [-0.05, 0) is 30.9 Å². The van der Waals surface area contributed by atoms with Gasteiger partial charge in [-0.15, -0.1) is 0 Å². The molecule has 0 saturated carbocycles. The molecule has 1 aromatic carbocycles. The van der Waals surface area contributed by atoms with E-state index in [0.29, 0.717) is 11.5 Å². The van der Waals surface area contributed by atoms with Crippen LogP contribution in [0.3, 0.4) is 0 Å². The normalized spacial score (nSPS) is 18.6. The Balaban J connectivity index is 1.96. The maximum Gasteiger partial charge on any atom is 0.153 e. The minimum Gasteiger partial charge on any atom is -0.396 e. The van der Waals surface area contributed by atoms with Gasteiger partial charge in [0, 0.05) is 25.1 Å². The van der Waals surface area contributed by atoms with Gasteiger partial charge in [0.25, 0.3) is 0 Å². The Kier molecular flexibility index (Phi) is 3.65. The minimum atomic E-state index is 0.226. The van der Waals surface area contributed by atoms with Crippen molar-refractivity contribution in [3.05, 3.63) is 35.9 Å². The van der Waals surface area contributed by atoms with Gasteiger partial charge in [-0.1, -0.05) is 18.2 Å². The molecule has 1 aliphatic rings. The second-order valence-electron chi connectivity index (χ2n) is 5.32. The zero-order chi connectivity index (χ0) is 13.9. The summed E-state index contributed by atoms with van der Waals surface area (Å²) in [5.74, 6) is 1.27. The number of aromatic nitrogens is 1. The second kappa shape index (κ2) is 5.59. The zero-order valence-electron chi connectivity index (χ0n) is 11.3. The molecule has 1 atom stereocenters. The average Bonchev–Trinajstić information content (AvgIpc) is 2.94. The highest BCUT2D eigenvalue weighted by Gasteiger charge is 2.25. The van der Waals surface area contributed by atoms with E-state index in [1.54, 1.807) is 0 Å². The highest BCUT2D eigenvalue weighted by Crippen LogP contribution is 2.28. The van der Waals surface area contributed by atoms with E-state index in [1.807, 2.05) is 30.3 Å². The summed E-state index contributed by atoms with van der Waals surface area (Å²) in [5.41, 5.74) is 1.56. The topological polar surface area (TPSA) is 53.4 Å². The first kappa shape index (κ1) is 13.1. The Morgan fingerprint density at radius 1 is 1.40 bits per heavy atom. The van der Waals surface area contributed by atoms with Gasteiger partial charge in [-0.2, -0.15) is 0 Å². The fourth-order valence-corrected chi connectivity index (χ4v) is 2.91. The SMILES string of the molecule is O=Cc1cc2ccccc2nc1N1CCC(CCO)C1. The van der Waals surface area contributed by atoms with Crippen molar-refractivity contribution in [2.24, 2.45) is 5.92 Å². The Bertz CT molecular complexity index is 627. The molecule has 104 valence electrons. The number of para-hydroxylation sites is 1. The lowest BCUT2D eigenvalue weighted by atomic mass is 10.1. The van der Waals surface area contributed by atoms with Gasteiger partial charge >= 0.3 is 0 Å². The van der Waals surface area contributed by atoms with Crippen molar-refractivity contribution in [1.29, 1.82) is 0 Å². The van der Waals surface area contributed by atoms with Crippen molar-refractivity contribution < 1.29 is 9.90 Å². The predicted molar refractivity (Wildman–Crippen MR) is 79.2 cm³/mol. The van der Waals surface area contributed by atoms with Gasteiger partial charge in [0.15, 0.2) is 6.29 Å². The van der Waals surface area contributed by atoms with Crippen molar-refractivity contribution in [2.75, 3.05) is 24.6 Å². The largest absolute Gasteiger partial charge is 0.396 e. The molecular formula is C16H18N2O2.